The Hall–Kier alpha value is -0.580. The van der Waals surface area contributed by atoms with E-state index >= 15 is 0 Å². The molecule has 1 aliphatic rings. The molecule has 19 heavy (non-hydrogen) atoms. The first-order valence-corrected chi connectivity index (χ1v) is 7.63. The molecule has 1 aliphatic heterocycles. The fraction of sp³-hybridized carbons (Fsp3) is 0.600. The van der Waals surface area contributed by atoms with Crippen LogP contribution in [0.15, 0.2) is 22.7 Å². The molecular formula is C15H22BrNO2. The van der Waals surface area contributed by atoms with Crippen molar-refractivity contribution in [1.29, 1.82) is 0 Å². The predicted octanol–water partition coefficient (Wildman–Crippen LogP) is 3.37. The van der Waals surface area contributed by atoms with Crippen molar-refractivity contribution in [2.24, 2.45) is 5.92 Å². The van der Waals surface area contributed by atoms with Crippen molar-refractivity contribution in [2.75, 3.05) is 31.7 Å². The first kappa shape index (κ1) is 14.8. The molecule has 0 aliphatic carbocycles. The maximum atomic E-state index is 9.64. The molecule has 0 spiro atoms. The topological polar surface area (TPSA) is 32.7 Å². The van der Waals surface area contributed by atoms with Crippen LogP contribution >= 0.6 is 15.9 Å². The van der Waals surface area contributed by atoms with Gasteiger partial charge in [0.1, 0.15) is 0 Å². The first-order chi connectivity index (χ1) is 9.08. The van der Waals surface area contributed by atoms with E-state index in [1.165, 1.54) is 5.69 Å². The Bertz CT molecular complexity index is 417. The van der Waals surface area contributed by atoms with Crippen LogP contribution in [0.1, 0.15) is 31.4 Å². The van der Waals surface area contributed by atoms with Crippen LogP contribution in [0.25, 0.3) is 0 Å². The molecular weight excluding hydrogens is 306 g/mol. The summed E-state index contributed by atoms with van der Waals surface area (Å²) in [6.07, 6.45) is 1.86. The Labute approximate surface area is 123 Å². The van der Waals surface area contributed by atoms with Crippen molar-refractivity contribution in [3.8, 4) is 0 Å². The molecule has 0 amide bonds. The zero-order valence-corrected chi connectivity index (χ0v) is 13.2. The summed E-state index contributed by atoms with van der Waals surface area (Å²) in [5, 5.41) is 9.64. The SMILES string of the molecule is C[C@H](O)c1ccc(N(C)CC2CCOCC2)cc1Br. The summed E-state index contributed by atoms with van der Waals surface area (Å²) >= 11 is 3.53. The van der Waals surface area contributed by atoms with Crippen LogP contribution < -0.4 is 4.90 Å². The van der Waals surface area contributed by atoms with Gasteiger partial charge in [0.25, 0.3) is 0 Å². The highest BCUT2D eigenvalue weighted by Crippen LogP contribution is 2.28. The number of hydrogen-bond donors (Lipinski definition) is 1. The van der Waals surface area contributed by atoms with Gasteiger partial charge in [0.05, 0.1) is 6.10 Å². The molecule has 0 saturated carbocycles. The second-order valence-electron chi connectivity index (χ2n) is 5.32. The van der Waals surface area contributed by atoms with E-state index in [1.54, 1.807) is 6.92 Å². The molecule has 106 valence electrons. The number of halogens is 1. The molecule has 1 saturated heterocycles. The van der Waals surface area contributed by atoms with Crippen LogP contribution in [0, 0.1) is 5.92 Å². The Morgan fingerprint density at radius 1 is 1.42 bits per heavy atom. The van der Waals surface area contributed by atoms with Crippen LogP contribution in [-0.2, 0) is 4.74 Å². The van der Waals surface area contributed by atoms with Gasteiger partial charge >= 0.3 is 0 Å². The Morgan fingerprint density at radius 2 is 2.11 bits per heavy atom. The molecule has 2 rings (SSSR count). The Kier molecular flexibility index (Phi) is 5.25. The van der Waals surface area contributed by atoms with Crippen LogP contribution in [0.2, 0.25) is 0 Å². The normalized spacial score (nSPS) is 18.3. The smallest absolute Gasteiger partial charge is 0.0772 e. The molecule has 1 heterocycles. The van der Waals surface area contributed by atoms with Crippen LogP contribution in [-0.4, -0.2) is 31.9 Å². The number of anilines is 1. The van der Waals surface area contributed by atoms with Crippen molar-refractivity contribution in [3.63, 3.8) is 0 Å². The number of aliphatic hydroxyl groups is 1. The van der Waals surface area contributed by atoms with E-state index < -0.39 is 6.10 Å². The number of hydrogen-bond acceptors (Lipinski definition) is 3. The lowest BCUT2D eigenvalue weighted by Crippen LogP contribution is -2.29. The highest BCUT2D eigenvalue weighted by atomic mass is 79.9. The van der Waals surface area contributed by atoms with Gasteiger partial charge in [-0.3, -0.25) is 0 Å². The van der Waals surface area contributed by atoms with E-state index in [4.69, 9.17) is 4.74 Å². The zero-order valence-electron chi connectivity index (χ0n) is 11.6. The minimum absolute atomic E-state index is 0.441. The van der Waals surface area contributed by atoms with Crippen LogP contribution in [0.5, 0.6) is 0 Å². The second kappa shape index (κ2) is 6.73. The average molecular weight is 328 g/mol. The average Bonchev–Trinajstić information content (AvgIpc) is 2.39. The highest BCUT2D eigenvalue weighted by molar-refractivity contribution is 9.10. The lowest BCUT2D eigenvalue weighted by molar-refractivity contribution is 0.0685. The van der Waals surface area contributed by atoms with Crippen molar-refractivity contribution < 1.29 is 9.84 Å². The number of benzene rings is 1. The Balaban J connectivity index is 2.02. The molecule has 1 N–H and O–H groups in total. The molecule has 0 bridgehead atoms. The highest BCUT2D eigenvalue weighted by Gasteiger charge is 2.16. The van der Waals surface area contributed by atoms with Gasteiger partial charge in [0, 0.05) is 37.0 Å². The molecule has 0 radical (unpaired) electrons. The van der Waals surface area contributed by atoms with Gasteiger partial charge in [0.15, 0.2) is 0 Å². The number of rotatable bonds is 4. The molecule has 1 aromatic carbocycles. The van der Waals surface area contributed by atoms with E-state index in [2.05, 4.69) is 40.0 Å². The van der Waals surface area contributed by atoms with E-state index in [-0.39, 0.29) is 0 Å². The lowest BCUT2D eigenvalue weighted by atomic mass is 9.99. The fourth-order valence-corrected chi connectivity index (χ4v) is 3.21. The zero-order chi connectivity index (χ0) is 13.8. The third kappa shape index (κ3) is 3.94. The summed E-state index contributed by atoms with van der Waals surface area (Å²) in [5.41, 5.74) is 2.12. The summed E-state index contributed by atoms with van der Waals surface area (Å²) in [7, 11) is 2.12. The molecule has 1 fully saturated rings. The quantitative estimate of drug-likeness (QED) is 0.920. The Morgan fingerprint density at radius 3 is 2.68 bits per heavy atom. The van der Waals surface area contributed by atoms with Gasteiger partial charge in [-0.1, -0.05) is 22.0 Å². The standard InChI is InChI=1S/C15H22BrNO2/c1-11(18)14-4-3-13(9-15(14)16)17(2)10-12-5-7-19-8-6-12/h3-4,9,11-12,18H,5-8,10H2,1-2H3/t11-/m0/s1. The van der Waals surface area contributed by atoms with Crippen molar-refractivity contribution in [3.05, 3.63) is 28.2 Å². The van der Waals surface area contributed by atoms with Gasteiger partial charge in [0.2, 0.25) is 0 Å². The number of nitrogens with zero attached hydrogens (tertiary/aromatic N) is 1. The van der Waals surface area contributed by atoms with E-state index in [0.717, 1.165) is 42.6 Å². The fourth-order valence-electron chi connectivity index (χ4n) is 2.51. The molecule has 1 atom stereocenters. The summed E-state index contributed by atoms with van der Waals surface area (Å²) in [6, 6.07) is 6.15. The van der Waals surface area contributed by atoms with E-state index in [0.29, 0.717) is 5.92 Å². The molecule has 1 aromatic rings. The second-order valence-corrected chi connectivity index (χ2v) is 6.17. The van der Waals surface area contributed by atoms with E-state index in [9.17, 15) is 5.11 Å². The summed E-state index contributed by atoms with van der Waals surface area (Å²) in [4.78, 5) is 2.28. The van der Waals surface area contributed by atoms with E-state index in [1.807, 2.05) is 6.07 Å². The van der Waals surface area contributed by atoms with Gasteiger partial charge in [-0.2, -0.15) is 0 Å². The van der Waals surface area contributed by atoms with Gasteiger partial charge in [-0.25, -0.2) is 0 Å². The van der Waals surface area contributed by atoms with Gasteiger partial charge < -0.3 is 14.7 Å². The third-order valence-corrected chi connectivity index (χ3v) is 4.43. The molecule has 0 unspecified atom stereocenters. The molecule has 4 heteroatoms. The summed E-state index contributed by atoms with van der Waals surface area (Å²) in [5.74, 6) is 0.717. The first-order valence-electron chi connectivity index (χ1n) is 6.84. The largest absolute Gasteiger partial charge is 0.389 e. The molecule has 3 nitrogen and oxygen atoms in total. The number of aliphatic hydroxyl groups excluding tert-OH is 1. The third-order valence-electron chi connectivity index (χ3n) is 3.75. The molecule has 0 aromatic heterocycles. The lowest BCUT2D eigenvalue weighted by Gasteiger charge is -2.28. The predicted molar refractivity (Wildman–Crippen MR) is 81.6 cm³/mol. The van der Waals surface area contributed by atoms with Crippen LogP contribution in [0.4, 0.5) is 5.69 Å². The monoisotopic (exact) mass is 327 g/mol. The maximum Gasteiger partial charge on any atom is 0.0772 e. The minimum Gasteiger partial charge on any atom is -0.389 e. The van der Waals surface area contributed by atoms with Gasteiger partial charge in [-0.15, -0.1) is 0 Å². The van der Waals surface area contributed by atoms with Crippen molar-refractivity contribution in [2.45, 2.75) is 25.9 Å². The minimum atomic E-state index is -0.441. The summed E-state index contributed by atoms with van der Waals surface area (Å²) < 4.78 is 6.37. The maximum absolute atomic E-state index is 9.64. The van der Waals surface area contributed by atoms with Gasteiger partial charge in [-0.05, 0) is 43.4 Å². The summed E-state index contributed by atoms with van der Waals surface area (Å²) in [6.45, 7) is 4.63. The van der Waals surface area contributed by atoms with Crippen molar-refractivity contribution >= 4 is 21.6 Å². The van der Waals surface area contributed by atoms with Crippen molar-refractivity contribution in [1.82, 2.24) is 0 Å². The van der Waals surface area contributed by atoms with Crippen LogP contribution in [0.3, 0.4) is 0 Å². The number of ether oxygens (including phenoxy) is 1.